The van der Waals surface area contributed by atoms with Gasteiger partial charge in [0.05, 0.1) is 12.8 Å². The molecule has 1 aromatic carbocycles. The molecular formula is C16H20N2O3. The molecule has 5 nitrogen and oxygen atoms in total. The van der Waals surface area contributed by atoms with Crippen molar-refractivity contribution in [3.05, 3.63) is 18.2 Å². The van der Waals surface area contributed by atoms with Crippen LogP contribution in [0.1, 0.15) is 38.5 Å². The van der Waals surface area contributed by atoms with Crippen LogP contribution in [0, 0.1) is 5.41 Å². The number of hydrogen-bond donors (Lipinski definition) is 1. The molecule has 1 spiro atoms. The van der Waals surface area contributed by atoms with Gasteiger partial charge in [-0.05, 0) is 36.5 Å². The normalized spacial score (nSPS) is 21.1. The molecule has 2 N–H and O–H groups in total. The maximum Gasteiger partial charge on any atom is 0.234 e. The molecular weight excluding hydrogens is 268 g/mol. The molecule has 2 fully saturated rings. The van der Waals surface area contributed by atoms with Crippen LogP contribution in [0.3, 0.4) is 0 Å². The molecule has 0 aromatic heterocycles. The second-order valence-corrected chi connectivity index (χ2v) is 6.11. The summed E-state index contributed by atoms with van der Waals surface area (Å²) in [6.07, 6.45) is 5.07. The molecule has 1 heterocycles. The summed E-state index contributed by atoms with van der Waals surface area (Å²) >= 11 is 0. The number of carbonyl (C=O) groups is 2. The Morgan fingerprint density at radius 1 is 1.14 bits per heavy atom. The predicted molar refractivity (Wildman–Crippen MR) is 80.0 cm³/mol. The van der Waals surface area contributed by atoms with Gasteiger partial charge in [0.1, 0.15) is 5.75 Å². The Hall–Kier alpha value is -2.04. The topological polar surface area (TPSA) is 72.6 Å². The van der Waals surface area contributed by atoms with Crippen molar-refractivity contribution >= 4 is 23.2 Å². The average molecular weight is 288 g/mol. The van der Waals surface area contributed by atoms with Crippen molar-refractivity contribution in [3.8, 4) is 5.75 Å². The fourth-order valence-electron chi connectivity index (χ4n) is 3.63. The summed E-state index contributed by atoms with van der Waals surface area (Å²) in [5.41, 5.74) is 6.66. The van der Waals surface area contributed by atoms with Gasteiger partial charge in [-0.3, -0.25) is 9.59 Å². The minimum Gasteiger partial charge on any atom is -0.495 e. The van der Waals surface area contributed by atoms with Crippen LogP contribution in [0.15, 0.2) is 18.2 Å². The molecule has 21 heavy (non-hydrogen) atoms. The van der Waals surface area contributed by atoms with Crippen molar-refractivity contribution in [2.45, 2.75) is 38.5 Å². The number of nitrogen functional groups attached to an aromatic ring is 1. The smallest absolute Gasteiger partial charge is 0.234 e. The lowest BCUT2D eigenvalue weighted by Gasteiger charge is -2.37. The van der Waals surface area contributed by atoms with Crippen LogP contribution >= 0.6 is 0 Å². The van der Waals surface area contributed by atoms with Crippen LogP contribution in [-0.4, -0.2) is 18.9 Å². The number of ether oxygens (including phenoxy) is 1. The quantitative estimate of drug-likeness (QED) is 0.670. The Bertz CT molecular complexity index is 571. The highest BCUT2D eigenvalue weighted by Crippen LogP contribution is 2.48. The number of anilines is 2. The van der Waals surface area contributed by atoms with E-state index in [1.807, 2.05) is 0 Å². The highest BCUT2D eigenvalue weighted by Gasteiger charge is 2.46. The Balaban J connectivity index is 1.95. The highest BCUT2D eigenvalue weighted by atomic mass is 16.5. The van der Waals surface area contributed by atoms with Crippen LogP contribution in [0.2, 0.25) is 0 Å². The number of hydrogen-bond acceptors (Lipinski definition) is 4. The molecule has 0 atom stereocenters. The van der Waals surface area contributed by atoms with Crippen molar-refractivity contribution in [1.29, 1.82) is 0 Å². The molecule has 1 aliphatic heterocycles. The van der Waals surface area contributed by atoms with Crippen LogP contribution < -0.4 is 15.4 Å². The summed E-state index contributed by atoms with van der Waals surface area (Å²) in [4.78, 5) is 26.4. The van der Waals surface area contributed by atoms with Gasteiger partial charge in [0, 0.05) is 18.5 Å². The van der Waals surface area contributed by atoms with E-state index in [2.05, 4.69) is 0 Å². The Morgan fingerprint density at radius 3 is 2.33 bits per heavy atom. The first-order valence-corrected chi connectivity index (χ1v) is 7.34. The molecule has 0 bridgehead atoms. The van der Waals surface area contributed by atoms with Gasteiger partial charge >= 0.3 is 0 Å². The van der Waals surface area contributed by atoms with E-state index < -0.39 is 0 Å². The van der Waals surface area contributed by atoms with E-state index in [0.29, 0.717) is 30.0 Å². The minimum atomic E-state index is -0.142. The molecule has 1 saturated carbocycles. The SMILES string of the molecule is COc1ccc(N)cc1N1C(=O)CC2(CCCC2)CC1=O. The Labute approximate surface area is 124 Å². The minimum absolute atomic E-state index is 0.0990. The first-order valence-electron chi connectivity index (χ1n) is 7.34. The molecule has 0 radical (unpaired) electrons. The predicted octanol–water partition coefficient (Wildman–Crippen LogP) is 2.49. The third-order valence-corrected chi connectivity index (χ3v) is 4.66. The lowest BCUT2D eigenvalue weighted by Crippen LogP contribution is -2.47. The lowest BCUT2D eigenvalue weighted by molar-refractivity contribution is -0.133. The summed E-state index contributed by atoms with van der Waals surface area (Å²) in [5, 5.41) is 0. The van der Waals surface area contributed by atoms with Gasteiger partial charge in [-0.15, -0.1) is 0 Å². The summed E-state index contributed by atoms with van der Waals surface area (Å²) < 4.78 is 5.27. The second-order valence-electron chi connectivity index (χ2n) is 6.11. The largest absolute Gasteiger partial charge is 0.495 e. The van der Waals surface area contributed by atoms with Gasteiger partial charge in [0.25, 0.3) is 0 Å². The molecule has 1 aromatic rings. The molecule has 3 rings (SSSR count). The summed E-state index contributed by atoms with van der Waals surface area (Å²) in [6.45, 7) is 0. The summed E-state index contributed by atoms with van der Waals surface area (Å²) in [5.74, 6) is 0.211. The first kappa shape index (κ1) is 13.9. The van der Waals surface area contributed by atoms with Gasteiger partial charge < -0.3 is 10.5 Å². The second kappa shape index (κ2) is 5.06. The Morgan fingerprint density at radius 2 is 1.76 bits per heavy atom. The fraction of sp³-hybridized carbons (Fsp3) is 0.500. The number of methoxy groups -OCH3 is 1. The van der Waals surface area contributed by atoms with Crippen LogP contribution in [0.25, 0.3) is 0 Å². The van der Waals surface area contributed by atoms with Gasteiger partial charge in [-0.2, -0.15) is 0 Å². The van der Waals surface area contributed by atoms with E-state index in [-0.39, 0.29) is 17.2 Å². The highest BCUT2D eigenvalue weighted by molar-refractivity contribution is 6.18. The van der Waals surface area contributed by atoms with E-state index in [4.69, 9.17) is 10.5 Å². The van der Waals surface area contributed by atoms with Crippen LogP contribution in [0.5, 0.6) is 5.75 Å². The van der Waals surface area contributed by atoms with E-state index in [1.54, 1.807) is 18.2 Å². The van der Waals surface area contributed by atoms with Crippen molar-refractivity contribution in [1.82, 2.24) is 0 Å². The number of nitrogens with two attached hydrogens (primary N) is 1. The van der Waals surface area contributed by atoms with E-state index in [9.17, 15) is 9.59 Å². The first-order chi connectivity index (χ1) is 10.0. The standard InChI is InChI=1S/C16H20N2O3/c1-21-13-5-4-11(17)8-12(13)18-14(19)9-16(10-15(18)20)6-2-3-7-16/h4-5,8H,2-3,6-7,9-10,17H2,1H3. The number of rotatable bonds is 2. The van der Waals surface area contributed by atoms with Crippen molar-refractivity contribution in [3.63, 3.8) is 0 Å². The zero-order valence-corrected chi connectivity index (χ0v) is 12.2. The van der Waals surface area contributed by atoms with Gasteiger partial charge in [-0.1, -0.05) is 12.8 Å². The number of piperidine rings is 1. The molecule has 5 heteroatoms. The van der Waals surface area contributed by atoms with E-state index in [1.165, 1.54) is 12.0 Å². The zero-order valence-electron chi connectivity index (χ0n) is 12.2. The summed E-state index contributed by atoms with van der Waals surface area (Å²) in [6, 6.07) is 5.01. The summed E-state index contributed by atoms with van der Waals surface area (Å²) in [7, 11) is 1.52. The fourth-order valence-corrected chi connectivity index (χ4v) is 3.63. The van der Waals surface area contributed by atoms with E-state index >= 15 is 0 Å². The van der Waals surface area contributed by atoms with Gasteiger partial charge in [0.15, 0.2) is 0 Å². The molecule has 2 amide bonds. The number of carbonyl (C=O) groups excluding carboxylic acids is 2. The molecule has 1 saturated heterocycles. The maximum atomic E-state index is 12.6. The number of benzene rings is 1. The molecule has 1 aliphatic carbocycles. The van der Waals surface area contributed by atoms with Crippen molar-refractivity contribution < 1.29 is 14.3 Å². The van der Waals surface area contributed by atoms with E-state index in [0.717, 1.165) is 25.7 Å². The van der Waals surface area contributed by atoms with Gasteiger partial charge in [0.2, 0.25) is 11.8 Å². The third-order valence-electron chi connectivity index (χ3n) is 4.66. The van der Waals surface area contributed by atoms with Crippen LogP contribution in [-0.2, 0) is 9.59 Å². The number of imide groups is 1. The zero-order chi connectivity index (χ0) is 15.0. The number of amides is 2. The Kier molecular flexibility index (Phi) is 3.35. The average Bonchev–Trinajstić information content (AvgIpc) is 2.86. The maximum absolute atomic E-state index is 12.6. The molecule has 2 aliphatic rings. The third kappa shape index (κ3) is 2.37. The van der Waals surface area contributed by atoms with Gasteiger partial charge in [-0.25, -0.2) is 4.90 Å². The van der Waals surface area contributed by atoms with Crippen molar-refractivity contribution in [2.75, 3.05) is 17.7 Å². The lowest BCUT2D eigenvalue weighted by atomic mass is 9.76. The van der Waals surface area contributed by atoms with Crippen LogP contribution in [0.4, 0.5) is 11.4 Å². The monoisotopic (exact) mass is 288 g/mol. The molecule has 112 valence electrons. The van der Waals surface area contributed by atoms with Crippen molar-refractivity contribution in [2.24, 2.45) is 5.41 Å². The number of nitrogens with zero attached hydrogens (tertiary/aromatic N) is 1. The molecule has 0 unspecified atom stereocenters.